The average Bonchev–Trinajstić information content (AvgIpc) is 3.60. The highest BCUT2D eigenvalue weighted by atomic mass is 32.1. The van der Waals surface area contributed by atoms with Crippen LogP contribution in [0.2, 0.25) is 0 Å². The van der Waals surface area contributed by atoms with Gasteiger partial charge in [0.2, 0.25) is 0 Å². The molecule has 8 aromatic carbocycles. The average molecular weight is 711 g/mol. The fourth-order valence-electron chi connectivity index (χ4n) is 8.23. The van der Waals surface area contributed by atoms with E-state index in [4.69, 9.17) is 0 Å². The van der Waals surface area contributed by atoms with Gasteiger partial charge >= 0.3 is 0 Å². The second-order valence-corrected chi connectivity index (χ2v) is 15.3. The molecule has 1 aromatic heterocycles. The summed E-state index contributed by atoms with van der Waals surface area (Å²) in [4.78, 5) is 2.41. The molecule has 0 aliphatic heterocycles. The molecule has 0 saturated carbocycles. The van der Waals surface area contributed by atoms with E-state index in [1.54, 1.807) is 0 Å². The Balaban J connectivity index is 0.992. The van der Waals surface area contributed by atoms with E-state index in [1.807, 2.05) is 11.3 Å². The summed E-state index contributed by atoms with van der Waals surface area (Å²) in [6.07, 6.45) is 8.99. The highest BCUT2D eigenvalue weighted by molar-refractivity contribution is 7.25. The lowest BCUT2D eigenvalue weighted by atomic mass is 9.81. The van der Waals surface area contributed by atoms with Crippen molar-refractivity contribution < 1.29 is 0 Å². The zero-order chi connectivity index (χ0) is 36.0. The van der Waals surface area contributed by atoms with Crippen molar-refractivity contribution in [2.75, 3.05) is 10.2 Å². The number of hydrogen-bond donors (Lipinski definition) is 1. The Kier molecular flexibility index (Phi) is 8.08. The smallest absolute Gasteiger partial charge is 0.0540 e. The molecule has 10 rings (SSSR count). The molecule has 1 aliphatic rings. The van der Waals surface area contributed by atoms with Crippen LogP contribution in [0.3, 0.4) is 0 Å². The van der Waals surface area contributed by atoms with Gasteiger partial charge < -0.3 is 10.2 Å². The SMILES string of the molecule is CC1C=CC=CC1c1c(Nc2ccc(-c3ccc(N(c4ccc5sc6ccccc6c5c4)c4cccc5ccccc45)cc3)cc2)ccc2ccccc12. The Morgan fingerprint density at radius 2 is 1.13 bits per heavy atom. The summed E-state index contributed by atoms with van der Waals surface area (Å²) in [5.74, 6) is 0.725. The molecule has 0 saturated heterocycles. The molecule has 258 valence electrons. The Hall–Kier alpha value is -6.42. The van der Waals surface area contributed by atoms with Crippen LogP contribution in [0.4, 0.5) is 28.4 Å². The van der Waals surface area contributed by atoms with Crippen LogP contribution in [0.1, 0.15) is 18.4 Å². The fraction of sp³-hybridized carbons (Fsp3) is 0.0588. The Morgan fingerprint density at radius 3 is 1.93 bits per heavy atom. The number of nitrogens with one attached hydrogen (secondary N) is 1. The zero-order valence-electron chi connectivity index (χ0n) is 30.0. The molecule has 0 spiro atoms. The molecule has 54 heavy (non-hydrogen) atoms. The maximum absolute atomic E-state index is 3.79. The highest BCUT2D eigenvalue weighted by Crippen LogP contribution is 2.44. The van der Waals surface area contributed by atoms with Crippen LogP contribution < -0.4 is 10.2 Å². The van der Waals surface area contributed by atoms with Crippen LogP contribution in [0, 0.1) is 5.92 Å². The predicted octanol–water partition coefficient (Wildman–Crippen LogP) is 15.1. The van der Waals surface area contributed by atoms with Gasteiger partial charge in [0.25, 0.3) is 0 Å². The van der Waals surface area contributed by atoms with E-state index in [0.29, 0.717) is 11.8 Å². The van der Waals surface area contributed by atoms with Crippen LogP contribution >= 0.6 is 11.3 Å². The fourth-order valence-corrected chi connectivity index (χ4v) is 9.32. The molecule has 0 radical (unpaired) electrons. The third kappa shape index (κ3) is 5.74. The van der Waals surface area contributed by atoms with E-state index in [1.165, 1.54) is 58.4 Å². The molecule has 2 atom stereocenters. The first kappa shape index (κ1) is 32.2. The van der Waals surface area contributed by atoms with Gasteiger partial charge in [0.1, 0.15) is 0 Å². The predicted molar refractivity (Wildman–Crippen MR) is 234 cm³/mol. The molecule has 2 unspecified atom stereocenters. The molecule has 9 aromatic rings. The molecule has 1 aliphatic carbocycles. The standard InChI is InChI=1S/C51H38N2S/c1-34-11-2-5-15-42(34)51-44-17-7-4-13-38(44)25-31-47(51)52-39-26-21-35(22-27-39)36-23-28-40(29-24-36)53(48-19-10-14-37-12-3-6-16-43(37)48)41-30-32-50-46(33-41)45-18-8-9-20-49(45)54-50/h2-34,42,52H,1H3. The Morgan fingerprint density at radius 1 is 0.500 bits per heavy atom. The van der Waals surface area contributed by atoms with Crippen molar-refractivity contribution in [1.29, 1.82) is 0 Å². The minimum Gasteiger partial charge on any atom is -0.355 e. The number of anilines is 5. The normalized spacial score (nSPS) is 15.4. The second-order valence-electron chi connectivity index (χ2n) is 14.3. The highest BCUT2D eigenvalue weighted by Gasteiger charge is 2.22. The van der Waals surface area contributed by atoms with Crippen LogP contribution in [0.15, 0.2) is 194 Å². The first-order valence-electron chi connectivity index (χ1n) is 18.7. The van der Waals surface area contributed by atoms with E-state index in [2.05, 4.69) is 211 Å². The monoisotopic (exact) mass is 710 g/mol. The van der Waals surface area contributed by atoms with Gasteiger partial charge in [-0.15, -0.1) is 11.3 Å². The topological polar surface area (TPSA) is 15.3 Å². The number of benzene rings is 8. The number of hydrogen-bond acceptors (Lipinski definition) is 3. The van der Waals surface area contributed by atoms with Gasteiger partial charge in [0.15, 0.2) is 0 Å². The Bertz CT molecular complexity index is 2870. The van der Waals surface area contributed by atoms with E-state index >= 15 is 0 Å². The summed E-state index contributed by atoms with van der Waals surface area (Å²) in [6, 6.07) is 62.0. The maximum Gasteiger partial charge on any atom is 0.0540 e. The lowest BCUT2D eigenvalue weighted by molar-refractivity contribution is 0.640. The molecule has 3 heteroatoms. The number of rotatable bonds is 7. The third-order valence-electron chi connectivity index (χ3n) is 11.0. The molecule has 2 nitrogen and oxygen atoms in total. The molecule has 0 bridgehead atoms. The van der Waals surface area contributed by atoms with E-state index in [-0.39, 0.29) is 0 Å². The number of fused-ring (bicyclic) bond motifs is 5. The lowest BCUT2D eigenvalue weighted by Gasteiger charge is -2.27. The molecule has 1 N–H and O–H groups in total. The summed E-state index contributed by atoms with van der Waals surface area (Å²) in [6.45, 7) is 2.31. The molecule has 1 heterocycles. The van der Waals surface area contributed by atoms with Crippen molar-refractivity contribution in [3.63, 3.8) is 0 Å². The van der Waals surface area contributed by atoms with Crippen molar-refractivity contribution in [1.82, 2.24) is 0 Å². The van der Waals surface area contributed by atoms with Crippen LogP contribution in [0.5, 0.6) is 0 Å². The molecule has 0 fully saturated rings. The van der Waals surface area contributed by atoms with Gasteiger partial charge in [-0.2, -0.15) is 0 Å². The minimum atomic E-state index is 0.307. The summed E-state index contributed by atoms with van der Waals surface area (Å²) in [7, 11) is 0. The quantitative estimate of drug-likeness (QED) is 0.177. The van der Waals surface area contributed by atoms with E-state index in [9.17, 15) is 0 Å². The van der Waals surface area contributed by atoms with Crippen LogP contribution in [-0.4, -0.2) is 0 Å². The first-order chi connectivity index (χ1) is 26.7. The summed E-state index contributed by atoms with van der Waals surface area (Å²) < 4.78 is 2.62. The number of nitrogens with zero attached hydrogens (tertiary/aromatic N) is 1. The molecular weight excluding hydrogens is 673 g/mol. The van der Waals surface area contributed by atoms with Gasteiger partial charge in [-0.05, 0) is 99.4 Å². The van der Waals surface area contributed by atoms with Crippen LogP contribution in [0.25, 0.3) is 52.8 Å². The van der Waals surface area contributed by atoms with Gasteiger partial charge in [-0.1, -0.05) is 140 Å². The van der Waals surface area contributed by atoms with Crippen molar-refractivity contribution in [2.45, 2.75) is 12.8 Å². The van der Waals surface area contributed by atoms with E-state index < -0.39 is 0 Å². The van der Waals surface area contributed by atoms with Crippen molar-refractivity contribution in [2.24, 2.45) is 5.92 Å². The number of thiophene rings is 1. The van der Waals surface area contributed by atoms with Gasteiger partial charge in [0.05, 0.1) is 5.69 Å². The Labute approximate surface area is 320 Å². The minimum absolute atomic E-state index is 0.307. The zero-order valence-corrected chi connectivity index (χ0v) is 30.8. The second kappa shape index (κ2) is 13.5. The van der Waals surface area contributed by atoms with Crippen LogP contribution in [-0.2, 0) is 0 Å². The molecular formula is C51H38N2S. The summed E-state index contributed by atoms with van der Waals surface area (Å²) >= 11 is 1.86. The van der Waals surface area contributed by atoms with Gasteiger partial charge in [-0.3, -0.25) is 0 Å². The number of allylic oxidation sites excluding steroid dienone is 4. The van der Waals surface area contributed by atoms with E-state index in [0.717, 1.165) is 28.4 Å². The van der Waals surface area contributed by atoms with Crippen molar-refractivity contribution >= 4 is 81.5 Å². The van der Waals surface area contributed by atoms with Crippen molar-refractivity contribution in [3.8, 4) is 11.1 Å². The first-order valence-corrected chi connectivity index (χ1v) is 19.5. The lowest BCUT2D eigenvalue weighted by Crippen LogP contribution is -2.10. The third-order valence-corrected chi connectivity index (χ3v) is 12.1. The summed E-state index contributed by atoms with van der Waals surface area (Å²) in [5.41, 5.74) is 9.38. The van der Waals surface area contributed by atoms with Gasteiger partial charge in [-0.25, -0.2) is 0 Å². The molecule has 0 amide bonds. The van der Waals surface area contributed by atoms with Gasteiger partial charge in [0, 0.05) is 54.2 Å². The van der Waals surface area contributed by atoms with Crippen molar-refractivity contribution in [3.05, 3.63) is 200 Å². The largest absolute Gasteiger partial charge is 0.355 e. The maximum atomic E-state index is 3.79. The summed E-state index contributed by atoms with van der Waals surface area (Å²) in [5, 5.41) is 11.4.